The molecule has 0 radical (unpaired) electrons. The van der Waals surface area contributed by atoms with Gasteiger partial charge in [-0.05, 0) is 73.2 Å². The van der Waals surface area contributed by atoms with Crippen molar-refractivity contribution in [2.24, 2.45) is 10.2 Å². The van der Waals surface area contributed by atoms with Crippen LogP contribution in [-0.2, 0) is 12.8 Å². The smallest absolute Gasteiger partial charge is 0.335 e. The minimum atomic E-state index is -0.951. The van der Waals surface area contributed by atoms with E-state index in [0.29, 0.717) is 5.69 Å². The number of hydrogen-bond donors (Lipinski definition) is 2. The van der Waals surface area contributed by atoms with Gasteiger partial charge in [0.25, 0.3) is 0 Å². The number of benzene rings is 2. The van der Waals surface area contributed by atoms with Crippen LogP contribution in [0.15, 0.2) is 46.6 Å². The van der Waals surface area contributed by atoms with E-state index in [1.165, 1.54) is 12.1 Å². The fourth-order valence-electron chi connectivity index (χ4n) is 2.75. The van der Waals surface area contributed by atoms with Gasteiger partial charge < -0.3 is 10.8 Å². The van der Waals surface area contributed by atoms with Gasteiger partial charge in [0.2, 0.25) is 0 Å². The number of anilines is 1. The summed E-state index contributed by atoms with van der Waals surface area (Å²) < 4.78 is 0. The standard InChI is InChI=1S/C21H27N3O2/c1-3-5-7-16-13-19(14-17(20(16)22)8-6-4-2)24-23-18-11-9-15(10-12-18)21(25)26/h9-14H,3-8,22H2,1-2H3,(H,25,26). The Balaban J connectivity index is 2.26. The minimum Gasteiger partial charge on any atom is -0.478 e. The van der Waals surface area contributed by atoms with Crippen molar-refractivity contribution < 1.29 is 9.90 Å². The lowest BCUT2D eigenvalue weighted by molar-refractivity contribution is 0.0697. The summed E-state index contributed by atoms with van der Waals surface area (Å²) >= 11 is 0. The third-order valence-electron chi connectivity index (χ3n) is 4.33. The van der Waals surface area contributed by atoms with Crippen LogP contribution in [0.1, 0.15) is 61.0 Å². The number of aryl methyl sites for hydroxylation is 2. The number of carboxylic acid groups (broad SMARTS) is 1. The maximum absolute atomic E-state index is 10.9. The molecule has 0 amide bonds. The first-order chi connectivity index (χ1) is 12.5. The van der Waals surface area contributed by atoms with Gasteiger partial charge in [-0.15, -0.1) is 0 Å². The number of rotatable bonds is 9. The molecule has 0 atom stereocenters. The highest BCUT2D eigenvalue weighted by Gasteiger charge is 2.08. The lowest BCUT2D eigenvalue weighted by Gasteiger charge is -2.12. The van der Waals surface area contributed by atoms with Gasteiger partial charge in [0, 0.05) is 5.69 Å². The van der Waals surface area contributed by atoms with Crippen LogP contribution in [-0.4, -0.2) is 11.1 Å². The fraction of sp³-hybridized carbons (Fsp3) is 0.381. The SMILES string of the molecule is CCCCc1cc(N=Nc2ccc(C(=O)O)cc2)cc(CCCC)c1N. The monoisotopic (exact) mass is 353 g/mol. The first-order valence-corrected chi connectivity index (χ1v) is 9.21. The Morgan fingerprint density at radius 2 is 1.42 bits per heavy atom. The number of azo groups is 1. The summed E-state index contributed by atoms with van der Waals surface area (Å²) in [5, 5.41) is 17.5. The summed E-state index contributed by atoms with van der Waals surface area (Å²) in [6.07, 6.45) is 6.30. The predicted molar refractivity (Wildman–Crippen MR) is 106 cm³/mol. The largest absolute Gasteiger partial charge is 0.478 e. The molecular formula is C21H27N3O2. The zero-order valence-corrected chi connectivity index (χ0v) is 15.5. The summed E-state index contributed by atoms with van der Waals surface area (Å²) in [5.41, 5.74) is 11.2. The molecule has 2 rings (SSSR count). The third-order valence-corrected chi connectivity index (χ3v) is 4.33. The second-order valence-corrected chi connectivity index (χ2v) is 6.44. The van der Waals surface area contributed by atoms with E-state index in [1.54, 1.807) is 12.1 Å². The number of nitrogens with two attached hydrogens (primary N) is 1. The van der Waals surface area contributed by atoms with Crippen molar-refractivity contribution in [1.29, 1.82) is 0 Å². The van der Waals surface area contributed by atoms with Gasteiger partial charge in [0.05, 0.1) is 16.9 Å². The molecule has 0 spiro atoms. The van der Waals surface area contributed by atoms with E-state index in [9.17, 15) is 4.79 Å². The molecule has 2 aromatic carbocycles. The number of carbonyl (C=O) groups is 1. The van der Waals surface area contributed by atoms with E-state index in [4.69, 9.17) is 10.8 Å². The van der Waals surface area contributed by atoms with Gasteiger partial charge in [-0.1, -0.05) is 26.7 Å². The van der Waals surface area contributed by atoms with E-state index in [1.807, 2.05) is 12.1 Å². The second-order valence-electron chi connectivity index (χ2n) is 6.44. The Labute approximate surface area is 155 Å². The van der Waals surface area contributed by atoms with Gasteiger partial charge in [0.15, 0.2) is 0 Å². The van der Waals surface area contributed by atoms with Crippen LogP contribution in [0, 0.1) is 0 Å². The zero-order valence-electron chi connectivity index (χ0n) is 15.5. The van der Waals surface area contributed by atoms with Gasteiger partial charge in [-0.3, -0.25) is 0 Å². The lowest BCUT2D eigenvalue weighted by Crippen LogP contribution is -2.00. The maximum atomic E-state index is 10.9. The summed E-state index contributed by atoms with van der Waals surface area (Å²) in [4.78, 5) is 10.9. The molecule has 0 fully saturated rings. The van der Waals surface area contributed by atoms with Crippen LogP contribution >= 0.6 is 0 Å². The second kappa shape index (κ2) is 9.70. The van der Waals surface area contributed by atoms with Crippen LogP contribution in [0.3, 0.4) is 0 Å². The average molecular weight is 353 g/mol. The highest BCUT2D eigenvalue weighted by atomic mass is 16.4. The molecule has 0 aliphatic rings. The Morgan fingerprint density at radius 1 is 0.923 bits per heavy atom. The molecule has 0 aromatic heterocycles. The van der Waals surface area contributed by atoms with Gasteiger partial charge in [-0.2, -0.15) is 10.2 Å². The maximum Gasteiger partial charge on any atom is 0.335 e. The topological polar surface area (TPSA) is 88.0 Å². The van der Waals surface area contributed by atoms with Gasteiger partial charge >= 0.3 is 5.97 Å². The normalized spacial score (nSPS) is 11.2. The minimum absolute atomic E-state index is 0.236. The molecule has 0 unspecified atom stereocenters. The van der Waals surface area contributed by atoms with Crippen LogP contribution < -0.4 is 5.73 Å². The van der Waals surface area contributed by atoms with E-state index >= 15 is 0 Å². The zero-order chi connectivity index (χ0) is 18.9. The van der Waals surface area contributed by atoms with Crippen molar-refractivity contribution in [3.63, 3.8) is 0 Å². The Bertz CT molecular complexity index is 738. The van der Waals surface area contributed by atoms with E-state index in [-0.39, 0.29) is 5.56 Å². The van der Waals surface area contributed by atoms with Crippen molar-refractivity contribution in [3.8, 4) is 0 Å². The summed E-state index contributed by atoms with van der Waals surface area (Å²) in [6, 6.07) is 10.4. The molecule has 3 N–H and O–H groups in total. The molecule has 0 aliphatic carbocycles. The molecule has 138 valence electrons. The number of hydrogen-bond acceptors (Lipinski definition) is 4. The van der Waals surface area contributed by atoms with Crippen LogP contribution in [0.5, 0.6) is 0 Å². The number of unbranched alkanes of at least 4 members (excludes halogenated alkanes) is 2. The molecular weight excluding hydrogens is 326 g/mol. The van der Waals surface area contributed by atoms with Crippen molar-refractivity contribution in [3.05, 3.63) is 53.1 Å². The van der Waals surface area contributed by atoms with Gasteiger partial charge in [0.1, 0.15) is 0 Å². The third kappa shape index (κ3) is 5.41. The van der Waals surface area contributed by atoms with Gasteiger partial charge in [-0.25, -0.2) is 4.79 Å². The molecule has 2 aromatic rings. The Kier molecular flexibility index (Phi) is 7.33. The van der Waals surface area contributed by atoms with Crippen LogP contribution in [0.25, 0.3) is 0 Å². The average Bonchev–Trinajstić information content (AvgIpc) is 2.65. The van der Waals surface area contributed by atoms with Crippen molar-refractivity contribution in [1.82, 2.24) is 0 Å². The van der Waals surface area contributed by atoms with E-state index in [0.717, 1.165) is 61.0 Å². The predicted octanol–water partition coefficient (Wildman–Crippen LogP) is 6.07. The quantitative estimate of drug-likeness (QED) is 0.424. The molecule has 26 heavy (non-hydrogen) atoms. The molecule has 0 heterocycles. The molecule has 0 saturated carbocycles. The molecule has 0 saturated heterocycles. The molecule has 5 nitrogen and oxygen atoms in total. The first kappa shape index (κ1) is 19.6. The van der Waals surface area contributed by atoms with Crippen molar-refractivity contribution >= 4 is 23.0 Å². The van der Waals surface area contributed by atoms with E-state index < -0.39 is 5.97 Å². The summed E-state index contributed by atoms with van der Waals surface area (Å²) in [7, 11) is 0. The highest BCUT2D eigenvalue weighted by Crippen LogP contribution is 2.29. The molecule has 5 heteroatoms. The van der Waals surface area contributed by atoms with Crippen molar-refractivity contribution in [2.75, 3.05) is 5.73 Å². The summed E-state index contributed by atoms with van der Waals surface area (Å²) in [5.74, 6) is -0.951. The van der Waals surface area contributed by atoms with Crippen LogP contribution in [0.4, 0.5) is 17.1 Å². The number of nitrogens with zero attached hydrogens (tertiary/aromatic N) is 2. The molecule has 0 bridgehead atoms. The first-order valence-electron chi connectivity index (χ1n) is 9.21. The Hall–Kier alpha value is -2.69. The fourth-order valence-corrected chi connectivity index (χ4v) is 2.75. The lowest BCUT2D eigenvalue weighted by atomic mass is 9.98. The number of carboxylic acids is 1. The van der Waals surface area contributed by atoms with Crippen LogP contribution in [0.2, 0.25) is 0 Å². The van der Waals surface area contributed by atoms with Crippen molar-refractivity contribution in [2.45, 2.75) is 52.4 Å². The number of aromatic carboxylic acids is 1. The summed E-state index contributed by atoms with van der Waals surface area (Å²) in [6.45, 7) is 4.33. The highest BCUT2D eigenvalue weighted by molar-refractivity contribution is 5.87. The Morgan fingerprint density at radius 3 is 1.88 bits per heavy atom. The van der Waals surface area contributed by atoms with E-state index in [2.05, 4.69) is 24.1 Å². The number of nitrogen functional groups attached to an aromatic ring is 1. The molecule has 0 aliphatic heterocycles.